The van der Waals surface area contributed by atoms with E-state index in [1.165, 1.54) is 0 Å². The Labute approximate surface area is 67.0 Å². The van der Waals surface area contributed by atoms with E-state index in [1.54, 1.807) is 0 Å². The fourth-order valence-corrected chi connectivity index (χ4v) is 1.96. The van der Waals surface area contributed by atoms with Crippen LogP contribution in [0, 0.1) is 11.3 Å². The maximum Gasteiger partial charge on any atom is 0.239 e. The molecule has 0 aromatic heterocycles. The van der Waals surface area contributed by atoms with Crippen LogP contribution in [0.4, 0.5) is 8.78 Å². The molecule has 0 bridgehead atoms. The van der Waals surface area contributed by atoms with Crippen LogP contribution < -0.4 is 0 Å². The van der Waals surface area contributed by atoms with Crippen molar-refractivity contribution < 1.29 is 8.78 Å². The molecular formula is C9H16F2. The minimum atomic E-state index is -2.11. The summed E-state index contributed by atoms with van der Waals surface area (Å²) in [5, 5.41) is 0. The summed E-state index contributed by atoms with van der Waals surface area (Å²) in [5.41, 5.74) is -0.00579. The van der Waals surface area contributed by atoms with Gasteiger partial charge in [0.25, 0.3) is 0 Å². The molecule has 11 heavy (non-hydrogen) atoms. The maximum absolute atomic E-state index is 12.1. The van der Waals surface area contributed by atoms with Crippen LogP contribution in [0.15, 0.2) is 0 Å². The summed E-state index contributed by atoms with van der Waals surface area (Å²) < 4.78 is 24.2. The van der Waals surface area contributed by atoms with Crippen LogP contribution in [0.2, 0.25) is 0 Å². The topological polar surface area (TPSA) is 0 Å². The second-order valence-electron chi connectivity index (χ2n) is 3.97. The summed E-state index contributed by atoms with van der Waals surface area (Å²) in [5.74, 6) is 0.422. The van der Waals surface area contributed by atoms with E-state index in [9.17, 15) is 8.78 Å². The van der Waals surface area contributed by atoms with Crippen molar-refractivity contribution in [2.75, 3.05) is 0 Å². The van der Waals surface area contributed by atoms with Gasteiger partial charge >= 0.3 is 0 Å². The van der Waals surface area contributed by atoms with Crippen LogP contribution in [0.3, 0.4) is 0 Å². The normalized spacial score (nSPS) is 22.4. The third-order valence-corrected chi connectivity index (χ3v) is 3.13. The van der Waals surface area contributed by atoms with Gasteiger partial charge in [-0.25, -0.2) is 8.78 Å². The molecule has 0 spiro atoms. The Bertz CT molecular complexity index is 126. The monoisotopic (exact) mass is 162 g/mol. The highest BCUT2D eigenvalue weighted by atomic mass is 19.3. The number of hydrogen-bond donors (Lipinski definition) is 0. The second-order valence-corrected chi connectivity index (χ2v) is 3.97. The predicted molar refractivity (Wildman–Crippen MR) is 41.7 cm³/mol. The molecule has 1 fully saturated rings. The zero-order valence-corrected chi connectivity index (χ0v) is 7.24. The van der Waals surface area contributed by atoms with Crippen molar-refractivity contribution in [1.29, 1.82) is 0 Å². The van der Waals surface area contributed by atoms with Crippen LogP contribution in [0.25, 0.3) is 0 Å². The summed E-state index contributed by atoms with van der Waals surface area (Å²) in [6.45, 7) is 4.11. The van der Waals surface area contributed by atoms with E-state index in [0.29, 0.717) is 5.92 Å². The van der Waals surface area contributed by atoms with Gasteiger partial charge in [0, 0.05) is 6.42 Å². The van der Waals surface area contributed by atoms with Gasteiger partial charge in [0.05, 0.1) is 0 Å². The standard InChI is InChI=1S/C9H16F2/c1-7(2)9(4-3-5-9)6-8(10)11/h7-8H,3-6H2,1-2H3. The summed E-state index contributed by atoms with van der Waals surface area (Å²) in [6, 6.07) is 0. The largest absolute Gasteiger partial charge is 0.239 e. The van der Waals surface area contributed by atoms with Crippen molar-refractivity contribution in [2.45, 2.75) is 46.0 Å². The third kappa shape index (κ3) is 1.71. The molecule has 0 aromatic rings. The zero-order valence-electron chi connectivity index (χ0n) is 7.24. The van der Waals surface area contributed by atoms with Gasteiger partial charge in [0.2, 0.25) is 6.43 Å². The highest BCUT2D eigenvalue weighted by molar-refractivity contribution is 4.90. The van der Waals surface area contributed by atoms with E-state index >= 15 is 0 Å². The molecule has 2 heteroatoms. The molecule has 0 atom stereocenters. The molecule has 0 unspecified atom stereocenters. The summed E-state index contributed by atoms with van der Waals surface area (Å²) in [6.07, 6.45) is 1.16. The van der Waals surface area contributed by atoms with Crippen molar-refractivity contribution in [1.82, 2.24) is 0 Å². The van der Waals surface area contributed by atoms with Gasteiger partial charge in [-0.05, 0) is 24.2 Å². The first kappa shape index (κ1) is 8.95. The van der Waals surface area contributed by atoms with Crippen molar-refractivity contribution >= 4 is 0 Å². The van der Waals surface area contributed by atoms with Gasteiger partial charge in [0.1, 0.15) is 0 Å². The van der Waals surface area contributed by atoms with Gasteiger partial charge in [-0.1, -0.05) is 20.3 Å². The first-order valence-electron chi connectivity index (χ1n) is 4.35. The van der Waals surface area contributed by atoms with Gasteiger partial charge in [0.15, 0.2) is 0 Å². The van der Waals surface area contributed by atoms with Crippen LogP contribution in [-0.2, 0) is 0 Å². The third-order valence-electron chi connectivity index (χ3n) is 3.13. The Kier molecular flexibility index (Phi) is 2.50. The molecule has 0 aromatic carbocycles. The molecule has 0 saturated heterocycles. The Hall–Kier alpha value is -0.140. The Balaban J connectivity index is 2.47. The van der Waals surface area contributed by atoms with Crippen molar-refractivity contribution in [2.24, 2.45) is 11.3 Å². The number of halogens is 2. The lowest BCUT2D eigenvalue weighted by atomic mass is 9.60. The minimum absolute atomic E-state index is 0.00579. The summed E-state index contributed by atoms with van der Waals surface area (Å²) >= 11 is 0. The molecule has 1 aliphatic rings. The van der Waals surface area contributed by atoms with Crippen LogP contribution >= 0.6 is 0 Å². The molecule has 0 radical (unpaired) electrons. The summed E-state index contributed by atoms with van der Waals surface area (Å²) in [4.78, 5) is 0. The molecule has 0 aliphatic heterocycles. The molecule has 1 saturated carbocycles. The van der Waals surface area contributed by atoms with Gasteiger partial charge in [-0.3, -0.25) is 0 Å². The van der Waals surface area contributed by atoms with Crippen molar-refractivity contribution in [3.63, 3.8) is 0 Å². The highest BCUT2D eigenvalue weighted by Gasteiger charge is 2.41. The van der Waals surface area contributed by atoms with Gasteiger partial charge in [-0.2, -0.15) is 0 Å². The molecule has 1 aliphatic carbocycles. The van der Waals surface area contributed by atoms with E-state index in [0.717, 1.165) is 19.3 Å². The first-order valence-corrected chi connectivity index (χ1v) is 4.35. The Morgan fingerprint density at radius 3 is 1.91 bits per heavy atom. The van der Waals surface area contributed by atoms with Gasteiger partial charge < -0.3 is 0 Å². The molecule has 0 nitrogen and oxygen atoms in total. The van der Waals surface area contributed by atoms with E-state index in [1.807, 2.05) is 0 Å². The molecular weight excluding hydrogens is 146 g/mol. The smallest absolute Gasteiger partial charge is 0.211 e. The number of hydrogen-bond acceptors (Lipinski definition) is 0. The van der Waals surface area contributed by atoms with Crippen molar-refractivity contribution in [3.05, 3.63) is 0 Å². The fourth-order valence-electron chi connectivity index (χ4n) is 1.96. The van der Waals surface area contributed by atoms with Crippen LogP contribution in [-0.4, -0.2) is 6.43 Å². The Morgan fingerprint density at radius 2 is 1.82 bits per heavy atom. The number of alkyl halides is 2. The van der Waals surface area contributed by atoms with E-state index in [4.69, 9.17) is 0 Å². The average Bonchev–Trinajstić information content (AvgIpc) is 1.77. The highest BCUT2D eigenvalue weighted by Crippen LogP contribution is 2.50. The average molecular weight is 162 g/mol. The molecule has 0 N–H and O–H groups in total. The number of rotatable bonds is 3. The lowest BCUT2D eigenvalue weighted by Crippen LogP contribution is -2.36. The molecule has 0 amide bonds. The zero-order chi connectivity index (χ0) is 8.48. The molecule has 1 rings (SSSR count). The lowest BCUT2D eigenvalue weighted by molar-refractivity contribution is -0.0115. The quantitative estimate of drug-likeness (QED) is 0.596. The van der Waals surface area contributed by atoms with Crippen LogP contribution in [0.5, 0.6) is 0 Å². The van der Waals surface area contributed by atoms with Crippen LogP contribution in [0.1, 0.15) is 39.5 Å². The predicted octanol–water partition coefficient (Wildman–Crippen LogP) is 3.47. The van der Waals surface area contributed by atoms with E-state index < -0.39 is 6.43 Å². The SMILES string of the molecule is CC(C)C1(CC(F)F)CCC1. The fraction of sp³-hybridized carbons (Fsp3) is 1.00. The van der Waals surface area contributed by atoms with Crippen molar-refractivity contribution in [3.8, 4) is 0 Å². The lowest BCUT2D eigenvalue weighted by Gasteiger charge is -2.45. The Morgan fingerprint density at radius 1 is 1.27 bits per heavy atom. The van der Waals surface area contributed by atoms with E-state index in [2.05, 4.69) is 13.8 Å². The second kappa shape index (κ2) is 3.08. The van der Waals surface area contributed by atoms with E-state index in [-0.39, 0.29) is 11.8 Å². The molecule has 0 heterocycles. The minimum Gasteiger partial charge on any atom is -0.211 e. The molecule has 66 valence electrons. The first-order chi connectivity index (χ1) is 5.07. The maximum atomic E-state index is 12.1. The summed E-state index contributed by atoms with van der Waals surface area (Å²) in [7, 11) is 0. The van der Waals surface area contributed by atoms with Gasteiger partial charge in [-0.15, -0.1) is 0 Å².